The molecule has 2 rings (SSSR count). The third-order valence-corrected chi connectivity index (χ3v) is 4.02. The predicted molar refractivity (Wildman–Crippen MR) is 93.5 cm³/mol. The van der Waals surface area contributed by atoms with Gasteiger partial charge >= 0.3 is 12.0 Å². The van der Waals surface area contributed by atoms with E-state index in [1.54, 1.807) is 13.0 Å². The standard InChI is InChI=1S/C17H19ClN2O6/c1-4-25-12-6-10(5-11(18)16(12)26-7-13(22)23)15-14(9(3)21)8(2)19-17(24)20-15/h5-6,14-15H,2,4,7H2,1,3H3,(H,22,23)(H2,19,20,24). The van der Waals surface area contributed by atoms with E-state index >= 15 is 0 Å². The molecule has 0 aliphatic carbocycles. The molecule has 9 heteroatoms. The first-order valence-corrected chi connectivity index (χ1v) is 8.20. The highest BCUT2D eigenvalue weighted by atomic mass is 35.5. The SMILES string of the molecule is C=C1NC(=O)NC(c2cc(Cl)c(OCC(=O)O)c(OCC)c2)C1C(C)=O. The number of hydrogen-bond donors (Lipinski definition) is 3. The summed E-state index contributed by atoms with van der Waals surface area (Å²) in [5.41, 5.74) is 0.795. The van der Waals surface area contributed by atoms with Gasteiger partial charge in [-0.15, -0.1) is 0 Å². The third-order valence-electron chi connectivity index (χ3n) is 3.74. The maximum Gasteiger partial charge on any atom is 0.341 e. The van der Waals surface area contributed by atoms with Gasteiger partial charge in [0.15, 0.2) is 18.1 Å². The minimum absolute atomic E-state index is 0.0816. The summed E-state index contributed by atoms with van der Waals surface area (Å²) < 4.78 is 10.7. The number of halogens is 1. The molecule has 0 radical (unpaired) electrons. The Labute approximate surface area is 155 Å². The molecule has 0 saturated carbocycles. The number of carboxylic acids is 1. The summed E-state index contributed by atoms with van der Waals surface area (Å²) in [6.07, 6.45) is 0. The number of Topliss-reactive ketones (excluding diaryl/α,β-unsaturated/α-hetero) is 1. The number of carbonyl (C=O) groups excluding carboxylic acids is 2. The van der Waals surface area contributed by atoms with Crippen LogP contribution in [0.25, 0.3) is 0 Å². The molecule has 1 heterocycles. The second-order valence-corrected chi connectivity index (χ2v) is 6.04. The molecule has 140 valence electrons. The molecule has 2 unspecified atom stereocenters. The Kier molecular flexibility index (Phi) is 6.10. The van der Waals surface area contributed by atoms with Crippen LogP contribution in [0.2, 0.25) is 5.02 Å². The molecule has 1 aromatic rings. The van der Waals surface area contributed by atoms with Crippen LogP contribution in [0.15, 0.2) is 24.4 Å². The average Bonchev–Trinajstić information content (AvgIpc) is 2.52. The second kappa shape index (κ2) is 8.09. The van der Waals surface area contributed by atoms with Crippen LogP contribution >= 0.6 is 11.6 Å². The minimum atomic E-state index is -1.16. The van der Waals surface area contributed by atoms with Crippen molar-refractivity contribution in [1.29, 1.82) is 0 Å². The fourth-order valence-electron chi connectivity index (χ4n) is 2.75. The van der Waals surface area contributed by atoms with Gasteiger partial charge in [0.1, 0.15) is 5.78 Å². The molecule has 1 aliphatic heterocycles. The van der Waals surface area contributed by atoms with E-state index in [1.165, 1.54) is 13.0 Å². The van der Waals surface area contributed by atoms with Crippen molar-refractivity contribution in [2.75, 3.05) is 13.2 Å². The lowest BCUT2D eigenvalue weighted by Gasteiger charge is -2.33. The summed E-state index contributed by atoms with van der Waals surface area (Å²) >= 11 is 6.24. The number of aliphatic carboxylic acids is 1. The number of ketones is 1. The summed E-state index contributed by atoms with van der Waals surface area (Å²) in [6, 6.07) is 1.88. The van der Waals surface area contributed by atoms with Crippen molar-refractivity contribution >= 4 is 29.4 Å². The smallest absolute Gasteiger partial charge is 0.341 e. The number of carbonyl (C=O) groups is 3. The zero-order valence-electron chi connectivity index (χ0n) is 14.3. The first kappa shape index (κ1) is 19.6. The molecule has 1 saturated heterocycles. The molecule has 1 aliphatic rings. The largest absolute Gasteiger partial charge is 0.490 e. The van der Waals surface area contributed by atoms with Gasteiger partial charge in [-0.2, -0.15) is 0 Å². The van der Waals surface area contributed by atoms with Crippen molar-refractivity contribution in [3.8, 4) is 11.5 Å². The topological polar surface area (TPSA) is 114 Å². The fraction of sp³-hybridized carbons (Fsp3) is 0.353. The lowest BCUT2D eigenvalue weighted by Crippen LogP contribution is -2.50. The lowest BCUT2D eigenvalue weighted by atomic mass is 9.86. The first-order chi connectivity index (χ1) is 12.2. The Morgan fingerprint density at radius 1 is 1.35 bits per heavy atom. The summed E-state index contributed by atoms with van der Waals surface area (Å²) in [5.74, 6) is -1.74. The normalized spacial score (nSPS) is 19.3. The van der Waals surface area contributed by atoms with Gasteiger partial charge in [0.2, 0.25) is 0 Å². The Morgan fingerprint density at radius 2 is 2.04 bits per heavy atom. The van der Waals surface area contributed by atoms with Crippen LogP contribution in [0, 0.1) is 5.92 Å². The summed E-state index contributed by atoms with van der Waals surface area (Å²) in [6.45, 7) is 6.58. The van der Waals surface area contributed by atoms with Crippen LogP contribution in [0.1, 0.15) is 25.5 Å². The second-order valence-electron chi connectivity index (χ2n) is 5.64. The number of benzene rings is 1. The van der Waals surface area contributed by atoms with Crippen LogP contribution in [0.5, 0.6) is 11.5 Å². The summed E-state index contributed by atoms with van der Waals surface area (Å²) in [5, 5.41) is 14.1. The van der Waals surface area contributed by atoms with Crippen molar-refractivity contribution in [2.45, 2.75) is 19.9 Å². The van der Waals surface area contributed by atoms with E-state index in [0.717, 1.165) is 0 Å². The number of nitrogens with one attached hydrogen (secondary N) is 2. The van der Waals surface area contributed by atoms with E-state index in [-0.39, 0.29) is 34.6 Å². The average molecular weight is 383 g/mol. The van der Waals surface area contributed by atoms with Crippen LogP contribution in [0.3, 0.4) is 0 Å². The van der Waals surface area contributed by atoms with E-state index in [1.807, 2.05) is 0 Å². The number of ether oxygens (including phenoxy) is 2. The monoisotopic (exact) mass is 382 g/mol. The highest BCUT2D eigenvalue weighted by Gasteiger charge is 2.36. The van der Waals surface area contributed by atoms with Gasteiger partial charge in [0.25, 0.3) is 0 Å². The molecule has 8 nitrogen and oxygen atoms in total. The van der Waals surface area contributed by atoms with E-state index in [2.05, 4.69) is 17.2 Å². The molecular weight excluding hydrogens is 364 g/mol. The van der Waals surface area contributed by atoms with Gasteiger partial charge in [0.05, 0.1) is 23.6 Å². The van der Waals surface area contributed by atoms with Gasteiger partial charge in [-0.1, -0.05) is 18.2 Å². The number of rotatable bonds is 7. The lowest BCUT2D eigenvalue weighted by molar-refractivity contribution is -0.139. The van der Waals surface area contributed by atoms with Gasteiger partial charge in [0, 0.05) is 5.70 Å². The quantitative estimate of drug-likeness (QED) is 0.666. The highest BCUT2D eigenvalue weighted by Crippen LogP contribution is 2.41. The first-order valence-electron chi connectivity index (χ1n) is 7.82. The zero-order valence-corrected chi connectivity index (χ0v) is 15.1. The minimum Gasteiger partial charge on any atom is -0.490 e. The molecule has 3 N–H and O–H groups in total. The Bertz CT molecular complexity index is 764. The Morgan fingerprint density at radius 3 is 2.62 bits per heavy atom. The Balaban J connectivity index is 2.47. The number of amides is 2. The molecule has 1 fully saturated rings. The van der Waals surface area contributed by atoms with Crippen molar-refractivity contribution in [3.05, 3.63) is 35.0 Å². The van der Waals surface area contributed by atoms with E-state index in [9.17, 15) is 14.4 Å². The zero-order chi connectivity index (χ0) is 19.4. The van der Waals surface area contributed by atoms with Gasteiger partial charge in [-0.25, -0.2) is 9.59 Å². The molecule has 0 bridgehead atoms. The van der Waals surface area contributed by atoms with Crippen LogP contribution in [-0.2, 0) is 9.59 Å². The number of hydrogen-bond acceptors (Lipinski definition) is 5. The van der Waals surface area contributed by atoms with Gasteiger partial charge in [-0.05, 0) is 31.5 Å². The molecule has 0 aromatic heterocycles. The summed E-state index contributed by atoms with van der Waals surface area (Å²) in [4.78, 5) is 34.6. The van der Waals surface area contributed by atoms with Crippen molar-refractivity contribution < 1.29 is 29.0 Å². The molecule has 26 heavy (non-hydrogen) atoms. The maximum absolute atomic E-state index is 12.0. The third kappa shape index (κ3) is 4.26. The van der Waals surface area contributed by atoms with E-state index in [4.69, 9.17) is 26.2 Å². The van der Waals surface area contributed by atoms with Crippen LogP contribution in [0.4, 0.5) is 4.79 Å². The van der Waals surface area contributed by atoms with E-state index in [0.29, 0.717) is 5.56 Å². The van der Waals surface area contributed by atoms with Crippen LogP contribution in [-0.4, -0.2) is 36.1 Å². The van der Waals surface area contributed by atoms with Crippen molar-refractivity contribution in [3.63, 3.8) is 0 Å². The summed E-state index contributed by atoms with van der Waals surface area (Å²) in [7, 11) is 0. The molecular formula is C17H19ClN2O6. The molecule has 2 amide bonds. The number of urea groups is 1. The van der Waals surface area contributed by atoms with Crippen LogP contribution < -0.4 is 20.1 Å². The maximum atomic E-state index is 12.0. The highest BCUT2D eigenvalue weighted by molar-refractivity contribution is 6.32. The fourth-order valence-corrected chi connectivity index (χ4v) is 3.02. The van der Waals surface area contributed by atoms with Gasteiger partial charge in [-0.3, -0.25) is 4.79 Å². The Hall–Kier alpha value is -2.74. The molecule has 0 spiro atoms. The van der Waals surface area contributed by atoms with Gasteiger partial charge < -0.3 is 25.2 Å². The van der Waals surface area contributed by atoms with Crippen molar-refractivity contribution in [2.24, 2.45) is 5.92 Å². The predicted octanol–water partition coefficient (Wildman–Crippen LogP) is 2.27. The van der Waals surface area contributed by atoms with Crippen molar-refractivity contribution in [1.82, 2.24) is 10.6 Å². The molecule has 2 atom stereocenters. The number of carboxylic acid groups (broad SMARTS) is 1. The van der Waals surface area contributed by atoms with E-state index < -0.39 is 30.6 Å². The molecule has 1 aromatic carbocycles.